The number of sulfone groups is 1. The lowest BCUT2D eigenvalue weighted by Gasteiger charge is -2.08. The van der Waals surface area contributed by atoms with Crippen molar-refractivity contribution >= 4 is 15.9 Å². The Labute approximate surface area is 120 Å². The molecule has 0 heterocycles. The summed E-state index contributed by atoms with van der Waals surface area (Å²) in [6.45, 7) is 4.91. The Balaban J connectivity index is 2.77. The van der Waals surface area contributed by atoms with Gasteiger partial charge in [-0.3, -0.25) is 0 Å². The molecule has 0 aromatic heterocycles. The molecule has 5 heteroatoms. The highest BCUT2D eigenvalue weighted by Crippen LogP contribution is 2.16. The normalized spacial score (nSPS) is 12.2. The maximum Gasteiger partial charge on any atom is 0.185 e. The molecule has 0 unspecified atom stereocenters. The summed E-state index contributed by atoms with van der Waals surface area (Å²) in [5.41, 5.74) is 0.656. The molecule has 108 valence electrons. The lowest BCUT2D eigenvalue weighted by Crippen LogP contribution is -2.01. The topological polar surface area (TPSA) is 67.2 Å². The number of hydrogen-bond acceptors (Lipinski definition) is 4. The average molecular weight is 293 g/mol. The van der Waals surface area contributed by atoms with Crippen LogP contribution in [0.3, 0.4) is 0 Å². The van der Waals surface area contributed by atoms with Gasteiger partial charge in [-0.05, 0) is 36.1 Å². The monoisotopic (exact) mass is 293 g/mol. The lowest BCUT2D eigenvalue weighted by atomic mass is 10.1. The number of nitrogens with zero attached hydrogens (tertiary/aromatic N) is 1. The van der Waals surface area contributed by atoms with Gasteiger partial charge in [-0.2, -0.15) is 5.26 Å². The van der Waals surface area contributed by atoms with Crippen molar-refractivity contribution in [2.75, 3.05) is 12.9 Å². The third kappa shape index (κ3) is 5.45. The van der Waals surface area contributed by atoms with Crippen LogP contribution in [0.25, 0.3) is 6.08 Å². The molecule has 0 fully saturated rings. The van der Waals surface area contributed by atoms with Crippen molar-refractivity contribution in [3.05, 3.63) is 34.7 Å². The molecular weight excluding hydrogens is 274 g/mol. The molecule has 4 nitrogen and oxygen atoms in total. The maximum absolute atomic E-state index is 11.3. The zero-order valence-corrected chi connectivity index (χ0v) is 12.8. The Morgan fingerprint density at radius 1 is 1.35 bits per heavy atom. The minimum Gasteiger partial charge on any atom is -0.494 e. The van der Waals surface area contributed by atoms with Gasteiger partial charge in [0.2, 0.25) is 0 Å². The van der Waals surface area contributed by atoms with Crippen LogP contribution >= 0.6 is 0 Å². The second kappa shape index (κ2) is 7.11. The van der Waals surface area contributed by atoms with Crippen molar-refractivity contribution in [1.82, 2.24) is 0 Å². The summed E-state index contributed by atoms with van der Waals surface area (Å²) < 4.78 is 28.2. The summed E-state index contributed by atoms with van der Waals surface area (Å²) in [4.78, 5) is -0.244. The fourth-order valence-electron chi connectivity index (χ4n) is 1.45. The molecule has 0 spiro atoms. The number of nitriles is 1. The number of allylic oxidation sites excluding steroid dienone is 1. The van der Waals surface area contributed by atoms with Gasteiger partial charge < -0.3 is 4.74 Å². The standard InChI is InChI=1S/C15H19NO3S/c1-12(2)8-9-19-14-6-4-13(5-7-14)10-15(11-16)20(3,17)18/h4-7,10,12H,8-9H2,1-3H3/b15-10+. The van der Waals surface area contributed by atoms with Gasteiger partial charge in [0.15, 0.2) is 9.84 Å². The van der Waals surface area contributed by atoms with Crippen molar-refractivity contribution < 1.29 is 13.2 Å². The van der Waals surface area contributed by atoms with E-state index >= 15 is 0 Å². The molecular formula is C15H19NO3S. The van der Waals surface area contributed by atoms with E-state index in [9.17, 15) is 8.42 Å². The van der Waals surface area contributed by atoms with Crippen LogP contribution in [-0.4, -0.2) is 21.3 Å². The van der Waals surface area contributed by atoms with E-state index in [0.717, 1.165) is 18.4 Å². The van der Waals surface area contributed by atoms with Gasteiger partial charge in [-0.1, -0.05) is 26.0 Å². The summed E-state index contributed by atoms with van der Waals surface area (Å²) in [7, 11) is -3.48. The average Bonchev–Trinajstić information content (AvgIpc) is 2.35. The zero-order valence-electron chi connectivity index (χ0n) is 12.0. The van der Waals surface area contributed by atoms with Gasteiger partial charge in [0, 0.05) is 6.26 Å². The minimum absolute atomic E-state index is 0.244. The predicted octanol–water partition coefficient (Wildman–Crippen LogP) is 3.02. The first-order valence-electron chi connectivity index (χ1n) is 6.37. The molecule has 0 bridgehead atoms. The second-order valence-electron chi connectivity index (χ2n) is 4.99. The highest BCUT2D eigenvalue weighted by atomic mass is 32.2. The number of hydrogen-bond donors (Lipinski definition) is 0. The van der Waals surface area contributed by atoms with Gasteiger partial charge >= 0.3 is 0 Å². The number of benzene rings is 1. The van der Waals surface area contributed by atoms with Gasteiger partial charge in [-0.25, -0.2) is 8.42 Å². The van der Waals surface area contributed by atoms with E-state index in [0.29, 0.717) is 18.1 Å². The molecule has 0 radical (unpaired) electrons. The van der Waals surface area contributed by atoms with Crippen molar-refractivity contribution in [2.24, 2.45) is 5.92 Å². The molecule has 0 N–H and O–H groups in total. The Morgan fingerprint density at radius 2 is 1.95 bits per heavy atom. The van der Waals surface area contributed by atoms with E-state index in [1.807, 2.05) is 0 Å². The largest absolute Gasteiger partial charge is 0.494 e. The number of rotatable bonds is 6. The fraction of sp³-hybridized carbons (Fsp3) is 0.400. The van der Waals surface area contributed by atoms with Gasteiger partial charge in [0.05, 0.1) is 6.61 Å². The molecule has 0 aliphatic rings. The van der Waals surface area contributed by atoms with E-state index in [1.54, 1.807) is 30.3 Å². The molecule has 0 saturated heterocycles. The molecule has 0 aliphatic heterocycles. The van der Waals surface area contributed by atoms with Gasteiger partial charge in [-0.15, -0.1) is 0 Å². The van der Waals surface area contributed by atoms with Crippen molar-refractivity contribution in [3.8, 4) is 11.8 Å². The fourth-order valence-corrected chi connectivity index (χ4v) is 1.96. The summed E-state index contributed by atoms with van der Waals surface area (Å²) in [6.07, 6.45) is 3.35. The summed E-state index contributed by atoms with van der Waals surface area (Å²) >= 11 is 0. The first-order chi connectivity index (χ1) is 9.32. The number of ether oxygens (including phenoxy) is 1. The molecule has 0 saturated carbocycles. The summed E-state index contributed by atoms with van der Waals surface area (Å²) in [6, 6.07) is 8.69. The molecule has 1 rings (SSSR count). The van der Waals surface area contributed by atoms with Gasteiger partial charge in [0.25, 0.3) is 0 Å². The Kier molecular flexibility index (Phi) is 5.78. The summed E-state index contributed by atoms with van der Waals surface area (Å²) in [5.74, 6) is 1.32. The van der Waals surface area contributed by atoms with Crippen molar-refractivity contribution in [2.45, 2.75) is 20.3 Å². The molecule has 1 aromatic carbocycles. The van der Waals surface area contributed by atoms with Crippen LogP contribution in [0.4, 0.5) is 0 Å². The Hall–Kier alpha value is -1.80. The van der Waals surface area contributed by atoms with E-state index in [4.69, 9.17) is 10.00 Å². The first kappa shape index (κ1) is 16.3. The molecule has 0 amide bonds. The minimum atomic E-state index is -3.48. The third-order valence-corrected chi connectivity index (χ3v) is 3.66. The predicted molar refractivity (Wildman–Crippen MR) is 79.8 cm³/mol. The van der Waals surface area contributed by atoms with Crippen LogP contribution in [0.1, 0.15) is 25.8 Å². The van der Waals surface area contributed by atoms with E-state index in [1.165, 1.54) is 6.08 Å². The smallest absolute Gasteiger partial charge is 0.185 e. The van der Waals surface area contributed by atoms with Crippen LogP contribution in [0.5, 0.6) is 5.75 Å². The second-order valence-corrected chi connectivity index (χ2v) is 6.98. The molecule has 0 aliphatic carbocycles. The van der Waals surface area contributed by atoms with E-state index in [-0.39, 0.29) is 4.91 Å². The highest BCUT2D eigenvalue weighted by Gasteiger charge is 2.10. The van der Waals surface area contributed by atoms with Crippen molar-refractivity contribution in [1.29, 1.82) is 5.26 Å². The Morgan fingerprint density at radius 3 is 2.40 bits per heavy atom. The third-order valence-electron chi connectivity index (χ3n) is 2.65. The first-order valence-corrected chi connectivity index (χ1v) is 8.27. The van der Waals surface area contributed by atoms with Crippen LogP contribution in [0.15, 0.2) is 29.2 Å². The quantitative estimate of drug-likeness (QED) is 0.756. The van der Waals surface area contributed by atoms with Crippen LogP contribution in [0, 0.1) is 17.2 Å². The van der Waals surface area contributed by atoms with Crippen LogP contribution < -0.4 is 4.74 Å². The molecule has 20 heavy (non-hydrogen) atoms. The maximum atomic E-state index is 11.3. The zero-order chi connectivity index (χ0) is 15.2. The molecule has 0 atom stereocenters. The Bertz CT molecular complexity index is 608. The highest BCUT2D eigenvalue weighted by molar-refractivity contribution is 7.95. The van der Waals surface area contributed by atoms with E-state index < -0.39 is 9.84 Å². The van der Waals surface area contributed by atoms with E-state index in [2.05, 4.69) is 13.8 Å². The van der Waals surface area contributed by atoms with Crippen LogP contribution in [0.2, 0.25) is 0 Å². The van der Waals surface area contributed by atoms with Gasteiger partial charge in [0.1, 0.15) is 16.7 Å². The van der Waals surface area contributed by atoms with Crippen LogP contribution in [-0.2, 0) is 9.84 Å². The van der Waals surface area contributed by atoms with Crippen molar-refractivity contribution in [3.63, 3.8) is 0 Å². The lowest BCUT2D eigenvalue weighted by molar-refractivity contribution is 0.289. The SMILES string of the molecule is CC(C)CCOc1ccc(/C=C(\C#N)S(C)(=O)=O)cc1. The summed E-state index contributed by atoms with van der Waals surface area (Å²) in [5, 5.41) is 8.82. The molecule has 1 aromatic rings.